The number of aliphatic hydroxyl groups is 1. The first-order valence-corrected chi connectivity index (χ1v) is 12.8. The molecule has 0 bridgehead atoms. The average Bonchev–Trinajstić information content (AvgIpc) is 2.79. The summed E-state index contributed by atoms with van der Waals surface area (Å²) in [5.74, 6) is 0.0554. The molecule has 1 N–H and O–H groups in total. The summed E-state index contributed by atoms with van der Waals surface area (Å²) in [6.07, 6.45) is -0.255. The van der Waals surface area contributed by atoms with E-state index in [1.807, 2.05) is 38.1 Å². The van der Waals surface area contributed by atoms with Gasteiger partial charge in [0.1, 0.15) is 16.7 Å². The Bertz CT molecular complexity index is 1130. The molecule has 34 heavy (non-hydrogen) atoms. The molecule has 2 aromatic carbocycles. The topological polar surface area (TPSA) is 90.4 Å². The van der Waals surface area contributed by atoms with Crippen LogP contribution in [0, 0.1) is 5.92 Å². The Kier molecular flexibility index (Phi) is 8.02. The number of benzene rings is 2. The number of nitrogens with zero attached hydrogens (tertiary/aromatic N) is 3. The second-order valence-corrected chi connectivity index (χ2v) is 11.3. The van der Waals surface area contributed by atoms with Crippen LogP contribution in [-0.4, -0.2) is 93.6 Å². The van der Waals surface area contributed by atoms with Crippen LogP contribution in [0.1, 0.15) is 24.2 Å². The van der Waals surface area contributed by atoms with Gasteiger partial charge < -0.3 is 19.6 Å². The maximum atomic E-state index is 13.6. The fraction of sp³-hybridized carbons (Fsp3) is 0.480. The standard InChI is InChI=1S/C25H35N3O5S/c1-17-14-28(18(2)16-29)34(31,32)24-11-10-20(13-22(24)33-23(17)15-26(3)4)19-8-7-9-21(12-19)25(30)27(5)6/h7-13,17-18,23,29H,14-16H2,1-6H3/t17-,18+,23+/m1/s1. The molecule has 0 aromatic heterocycles. The van der Waals surface area contributed by atoms with E-state index in [2.05, 4.69) is 0 Å². The van der Waals surface area contributed by atoms with Crippen molar-refractivity contribution in [3.63, 3.8) is 0 Å². The van der Waals surface area contributed by atoms with Gasteiger partial charge in [-0.2, -0.15) is 4.31 Å². The summed E-state index contributed by atoms with van der Waals surface area (Å²) in [7, 11) is 3.40. The molecule has 0 unspecified atom stereocenters. The third-order valence-electron chi connectivity index (χ3n) is 6.06. The molecule has 1 aliphatic rings. The van der Waals surface area contributed by atoms with Crippen LogP contribution < -0.4 is 4.74 Å². The van der Waals surface area contributed by atoms with E-state index in [9.17, 15) is 18.3 Å². The Balaban J connectivity index is 2.14. The van der Waals surface area contributed by atoms with Crippen molar-refractivity contribution in [1.82, 2.24) is 14.1 Å². The SMILES string of the molecule is C[C@@H]1CN([C@@H](C)CO)S(=O)(=O)c2ccc(-c3cccc(C(=O)N(C)C)c3)cc2O[C@H]1CN(C)C. The monoisotopic (exact) mass is 489 g/mol. The molecular formula is C25H35N3O5S. The van der Waals surface area contributed by atoms with Gasteiger partial charge in [-0.1, -0.05) is 25.1 Å². The van der Waals surface area contributed by atoms with Gasteiger partial charge in [0.15, 0.2) is 0 Å². The molecule has 1 heterocycles. The summed E-state index contributed by atoms with van der Waals surface area (Å²) in [4.78, 5) is 16.0. The third-order valence-corrected chi connectivity index (χ3v) is 8.08. The van der Waals surface area contributed by atoms with Gasteiger partial charge in [0.05, 0.1) is 6.61 Å². The smallest absolute Gasteiger partial charge is 0.253 e. The summed E-state index contributed by atoms with van der Waals surface area (Å²) in [6, 6.07) is 11.7. The number of rotatable bonds is 6. The maximum Gasteiger partial charge on any atom is 0.253 e. The number of carbonyl (C=O) groups is 1. The first-order valence-electron chi connectivity index (χ1n) is 11.4. The van der Waals surface area contributed by atoms with Gasteiger partial charge in [-0.3, -0.25) is 4.79 Å². The molecule has 0 saturated heterocycles. The molecule has 0 spiro atoms. The number of hydrogen-bond donors (Lipinski definition) is 1. The number of carbonyl (C=O) groups excluding carboxylic acids is 1. The normalized spacial score (nSPS) is 21.2. The lowest BCUT2D eigenvalue weighted by Crippen LogP contribution is -2.49. The van der Waals surface area contributed by atoms with E-state index >= 15 is 0 Å². The van der Waals surface area contributed by atoms with Crippen molar-refractivity contribution in [3.05, 3.63) is 48.0 Å². The Morgan fingerprint density at radius 2 is 1.82 bits per heavy atom. The van der Waals surface area contributed by atoms with E-state index < -0.39 is 16.1 Å². The number of likely N-dealkylation sites (N-methyl/N-ethyl adjacent to an activating group) is 1. The largest absolute Gasteiger partial charge is 0.487 e. The van der Waals surface area contributed by atoms with Crippen molar-refractivity contribution in [3.8, 4) is 16.9 Å². The minimum absolute atomic E-state index is 0.0766. The second-order valence-electron chi connectivity index (χ2n) is 9.44. The van der Waals surface area contributed by atoms with Crippen molar-refractivity contribution in [2.45, 2.75) is 30.9 Å². The van der Waals surface area contributed by atoms with Crippen LogP contribution in [0.2, 0.25) is 0 Å². The number of hydrogen-bond acceptors (Lipinski definition) is 6. The number of amides is 1. The van der Waals surface area contributed by atoms with E-state index in [0.29, 0.717) is 12.1 Å². The maximum absolute atomic E-state index is 13.6. The molecule has 8 nitrogen and oxygen atoms in total. The van der Waals surface area contributed by atoms with Crippen molar-refractivity contribution in [2.75, 3.05) is 47.9 Å². The van der Waals surface area contributed by atoms with Gasteiger partial charge in [0.25, 0.3) is 5.91 Å². The molecule has 3 atom stereocenters. The fourth-order valence-electron chi connectivity index (χ4n) is 4.07. The lowest BCUT2D eigenvalue weighted by Gasteiger charge is -2.37. The van der Waals surface area contributed by atoms with Crippen molar-refractivity contribution in [1.29, 1.82) is 0 Å². The molecule has 0 saturated carbocycles. The summed E-state index contributed by atoms with van der Waals surface area (Å²) in [5.41, 5.74) is 2.09. The van der Waals surface area contributed by atoms with Crippen LogP contribution in [0.25, 0.3) is 11.1 Å². The predicted molar refractivity (Wildman–Crippen MR) is 132 cm³/mol. The van der Waals surface area contributed by atoms with Gasteiger partial charge in [0.2, 0.25) is 10.0 Å². The summed E-state index contributed by atoms with van der Waals surface area (Å²) < 4.78 is 34.9. The van der Waals surface area contributed by atoms with Crippen LogP contribution in [0.15, 0.2) is 47.4 Å². The van der Waals surface area contributed by atoms with Gasteiger partial charge in [-0.05, 0) is 56.4 Å². The molecule has 1 amide bonds. The zero-order valence-corrected chi connectivity index (χ0v) is 21.5. The Labute approximate surface area is 202 Å². The molecule has 0 fully saturated rings. The Morgan fingerprint density at radius 3 is 2.44 bits per heavy atom. The van der Waals surface area contributed by atoms with Gasteiger partial charge in [0, 0.05) is 44.7 Å². The highest BCUT2D eigenvalue weighted by Gasteiger charge is 2.38. The zero-order valence-electron chi connectivity index (χ0n) is 20.7. The highest BCUT2D eigenvalue weighted by molar-refractivity contribution is 7.89. The minimum Gasteiger partial charge on any atom is -0.487 e. The quantitative estimate of drug-likeness (QED) is 0.670. The molecule has 186 valence electrons. The van der Waals surface area contributed by atoms with E-state index in [1.165, 1.54) is 9.21 Å². The summed E-state index contributed by atoms with van der Waals surface area (Å²) in [6.45, 7) is 4.25. The molecule has 1 aliphatic heterocycles. The lowest BCUT2D eigenvalue weighted by atomic mass is 10.0. The van der Waals surface area contributed by atoms with Gasteiger partial charge in [-0.25, -0.2) is 8.42 Å². The second kappa shape index (κ2) is 10.4. The fourth-order valence-corrected chi connectivity index (χ4v) is 5.90. The average molecular weight is 490 g/mol. The van der Waals surface area contributed by atoms with Crippen LogP contribution in [0.4, 0.5) is 0 Å². The highest BCUT2D eigenvalue weighted by atomic mass is 32.2. The molecule has 2 aromatic rings. The third kappa shape index (κ3) is 5.43. The summed E-state index contributed by atoms with van der Waals surface area (Å²) >= 11 is 0. The zero-order chi connectivity index (χ0) is 25.2. The first kappa shape index (κ1) is 26.2. The minimum atomic E-state index is -3.90. The first-order chi connectivity index (χ1) is 15.9. The Hall–Kier alpha value is -2.46. The molecule has 9 heteroatoms. The van der Waals surface area contributed by atoms with Crippen molar-refractivity contribution >= 4 is 15.9 Å². The van der Waals surface area contributed by atoms with Crippen LogP contribution in [0.3, 0.4) is 0 Å². The van der Waals surface area contributed by atoms with Gasteiger partial charge in [-0.15, -0.1) is 0 Å². The lowest BCUT2D eigenvalue weighted by molar-refractivity contribution is 0.0812. The molecule has 0 aliphatic carbocycles. The predicted octanol–water partition coefficient (Wildman–Crippen LogP) is 2.39. The number of ether oxygens (including phenoxy) is 1. The molecule has 0 radical (unpaired) electrons. The van der Waals surface area contributed by atoms with Crippen molar-refractivity contribution < 1.29 is 23.1 Å². The highest BCUT2D eigenvalue weighted by Crippen LogP contribution is 2.36. The van der Waals surface area contributed by atoms with E-state index in [-0.39, 0.29) is 41.7 Å². The van der Waals surface area contributed by atoms with Crippen LogP contribution in [0.5, 0.6) is 5.75 Å². The molecular weight excluding hydrogens is 454 g/mol. The van der Waals surface area contributed by atoms with E-state index in [1.54, 1.807) is 51.4 Å². The van der Waals surface area contributed by atoms with Gasteiger partial charge >= 0.3 is 0 Å². The number of sulfonamides is 1. The number of aliphatic hydroxyl groups excluding tert-OH is 1. The number of fused-ring (bicyclic) bond motifs is 1. The van der Waals surface area contributed by atoms with Crippen LogP contribution in [-0.2, 0) is 10.0 Å². The Morgan fingerprint density at radius 1 is 1.15 bits per heavy atom. The van der Waals surface area contributed by atoms with Crippen LogP contribution >= 0.6 is 0 Å². The van der Waals surface area contributed by atoms with E-state index in [4.69, 9.17) is 4.74 Å². The molecule has 3 rings (SSSR count). The summed E-state index contributed by atoms with van der Waals surface area (Å²) in [5, 5.41) is 9.75. The van der Waals surface area contributed by atoms with Crippen molar-refractivity contribution in [2.24, 2.45) is 5.92 Å². The van der Waals surface area contributed by atoms with E-state index in [0.717, 1.165) is 11.1 Å².